The number of rotatable bonds is 3. The Morgan fingerprint density at radius 1 is 0.889 bits per heavy atom. The monoisotopic (exact) mass is 364 g/mol. The molecule has 2 fully saturated rings. The van der Waals surface area contributed by atoms with Gasteiger partial charge in [0.15, 0.2) is 11.5 Å². The molecule has 0 atom stereocenters. The molecule has 27 heavy (non-hydrogen) atoms. The smallest absolute Gasteiger partial charge is 0.182 e. The van der Waals surface area contributed by atoms with Crippen LogP contribution in [0.5, 0.6) is 0 Å². The number of imidazole rings is 1. The van der Waals surface area contributed by atoms with Gasteiger partial charge in [-0.3, -0.25) is 0 Å². The second kappa shape index (κ2) is 6.14. The van der Waals surface area contributed by atoms with Crippen molar-refractivity contribution in [3.63, 3.8) is 0 Å². The van der Waals surface area contributed by atoms with Crippen LogP contribution in [0, 0.1) is 13.8 Å². The average Bonchev–Trinajstić information content (AvgIpc) is 3.47. The van der Waals surface area contributed by atoms with Crippen LogP contribution in [-0.4, -0.2) is 55.7 Å². The third-order valence-corrected chi connectivity index (χ3v) is 5.69. The Labute approximate surface area is 158 Å². The first-order valence-electron chi connectivity index (χ1n) is 9.59. The van der Waals surface area contributed by atoms with E-state index in [0.29, 0.717) is 5.92 Å². The van der Waals surface area contributed by atoms with E-state index in [1.165, 1.54) is 18.4 Å². The Hall–Kier alpha value is -2.77. The largest absolute Gasteiger partial charge is 0.353 e. The first-order chi connectivity index (χ1) is 13.1. The highest BCUT2D eigenvalue weighted by atomic mass is 15.3. The lowest BCUT2D eigenvalue weighted by molar-refractivity contribution is 0.636. The van der Waals surface area contributed by atoms with Gasteiger partial charge in [-0.1, -0.05) is 0 Å². The van der Waals surface area contributed by atoms with Crippen molar-refractivity contribution in [3.8, 4) is 0 Å². The molecule has 1 aliphatic carbocycles. The number of aromatic nitrogens is 6. The summed E-state index contributed by atoms with van der Waals surface area (Å²) in [5, 5.41) is 0. The Balaban J connectivity index is 1.40. The first-order valence-corrected chi connectivity index (χ1v) is 9.59. The number of anilines is 2. The van der Waals surface area contributed by atoms with Gasteiger partial charge in [0.2, 0.25) is 0 Å². The molecule has 0 bridgehead atoms. The molecule has 0 amide bonds. The fourth-order valence-corrected chi connectivity index (χ4v) is 3.80. The predicted octanol–water partition coefficient (Wildman–Crippen LogP) is 1.97. The second-order valence-corrected chi connectivity index (χ2v) is 7.59. The molecule has 3 aromatic rings. The third kappa shape index (κ3) is 2.79. The summed E-state index contributed by atoms with van der Waals surface area (Å²) >= 11 is 0. The molecule has 8 heteroatoms. The molecule has 0 spiro atoms. The van der Waals surface area contributed by atoms with Gasteiger partial charge in [-0.25, -0.2) is 24.9 Å². The number of piperazine rings is 1. The Morgan fingerprint density at radius 3 is 2.30 bits per heavy atom. The molecule has 0 radical (unpaired) electrons. The zero-order valence-electron chi connectivity index (χ0n) is 16.1. The van der Waals surface area contributed by atoms with Crippen molar-refractivity contribution in [1.82, 2.24) is 29.5 Å². The standard InChI is InChI=1S/C19H24N8/c1-12-13(2)23-16(14-4-5-14)24-18(12)26-6-8-27(9-7-26)19-15-17(20-10-21-19)22-11-25(15)3/h10-11,14H,4-9H2,1-3H3. The highest BCUT2D eigenvalue weighted by Gasteiger charge is 2.29. The van der Waals surface area contributed by atoms with E-state index in [-0.39, 0.29) is 0 Å². The van der Waals surface area contributed by atoms with E-state index in [0.717, 1.165) is 60.5 Å². The van der Waals surface area contributed by atoms with Crippen LogP contribution < -0.4 is 9.80 Å². The van der Waals surface area contributed by atoms with E-state index in [4.69, 9.17) is 9.97 Å². The van der Waals surface area contributed by atoms with E-state index in [2.05, 4.69) is 38.6 Å². The fraction of sp³-hybridized carbons (Fsp3) is 0.526. The van der Waals surface area contributed by atoms with Crippen molar-refractivity contribution >= 4 is 22.8 Å². The van der Waals surface area contributed by atoms with Gasteiger partial charge >= 0.3 is 0 Å². The van der Waals surface area contributed by atoms with Crippen LogP contribution in [0.1, 0.15) is 35.8 Å². The third-order valence-electron chi connectivity index (χ3n) is 5.69. The van der Waals surface area contributed by atoms with Crippen molar-refractivity contribution in [2.24, 2.45) is 7.05 Å². The lowest BCUT2D eigenvalue weighted by Gasteiger charge is -2.37. The van der Waals surface area contributed by atoms with Gasteiger partial charge in [0.25, 0.3) is 0 Å². The Bertz CT molecular complexity index is 998. The second-order valence-electron chi connectivity index (χ2n) is 7.59. The molecule has 3 aromatic heterocycles. The summed E-state index contributed by atoms with van der Waals surface area (Å²) in [6.45, 7) is 7.88. The molecule has 140 valence electrons. The van der Waals surface area contributed by atoms with Crippen LogP contribution in [0.25, 0.3) is 11.2 Å². The molecule has 0 N–H and O–H groups in total. The van der Waals surface area contributed by atoms with Gasteiger partial charge in [0.1, 0.15) is 23.5 Å². The number of hydrogen-bond acceptors (Lipinski definition) is 7. The quantitative estimate of drug-likeness (QED) is 0.703. The van der Waals surface area contributed by atoms with E-state index >= 15 is 0 Å². The van der Waals surface area contributed by atoms with Gasteiger partial charge in [-0.2, -0.15) is 0 Å². The normalized spacial score (nSPS) is 17.7. The molecule has 0 aromatic carbocycles. The van der Waals surface area contributed by atoms with E-state index in [9.17, 15) is 0 Å². The maximum absolute atomic E-state index is 4.93. The van der Waals surface area contributed by atoms with E-state index in [1.54, 1.807) is 12.7 Å². The van der Waals surface area contributed by atoms with Crippen molar-refractivity contribution in [2.45, 2.75) is 32.6 Å². The number of fused-ring (bicyclic) bond motifs is 1. The van der Waals surface area contributed by atoms with Crippen molar-refractivity contribution in [1.29, 1.82) is 0 Å². The summed E-state index contributed by atoms with van der Waals surface area (Å²) in [4.78, 5) is 27.5. The zero-order valence-corrected chi connectivity index (χ0v) is 16.1. The summed E-state index contributed by atoms with van der Waals surface area (Å²) in [6.07, 6.45) is 5.86. The molecule has 4 heterocycles. The van der Waals surface area contributed by atoms with E-state index in [1.807, 2.05) is 11.6 Å². The van der Waals surface area contributed by atoms with Crippen LogP contribution >= 0.6 is 0 Å². The topological polar surface area (TPSA) is 75.9 Å². The Morgan fingerprint density at radius 2 is 1.59 bits per heavy atom. The summed E-state index contributed by atoms with van der Waals surface area (Å²) in [5.41, 5.74) is 4.05. The highest BCUT2D eigenvalue weighted by molar-refractivity contribution is 5.83. The summed E-state index contributed by atoms with van der Waals surface area (Å²) in [7, 11) is 1.99. The lowest BCUT2D eigenvalue weighted by atomic mass is 10.2. The molecular weight excluding hydrogens is 340 g/mol. The van der Waals surface area contributed by atoms with Crippen LogP contribution in [0.3, 0.4) is 0 Å². The summed E-state index contributed by atoms with van der Waals surface area (Å²) in [6, 6.07) is 0. The van der Waals surface area contributed by atoms with Gasteiger partial charge < -0.3 is 14.4 Å². The fourth-order valence-electron chi connectivity index (χ4n) is 3.80. The number of aryl methyl sites for hydroxylation is 2. The van der Waals surface area contributed by atoms with Crippen molar-refractivity contribution in [3.05, 3.63) is 29.7 Å². The van der Waals surface area contributed by atoms with Gasteiger partial charge in [0.05, 0.1) is 6.33 Å². The van der Waals surface area contributed by atoms with Crippen molar-refractivity contribution < 1.29 is 0 Å². The van der Waals surface area contributed by atoms with Gasteiger partial charge in [0, 0.05) is 50.4 Å². The minimum Gasteiger partial charge on any atom is -0.353 e. The maximum atomic E-state index is 4.93. The number of hydrogen-bond donors (Lipinski definition) is 0. The molecule has 1 saturated carbocycles. The van der Waals surface area contributed by atoms with Crippen LogP contribution in [0.4, 0.5) is 11.6 Å². The molecule has 8 nitrogen and oxygen atoms in total. The van der Waals surface area contributed by atoms with Crippen molar-refractivity contribution in [2.75, 3.05) is 36.0 Å². The Kier molecular flexibility index (Phi) is 3.73. The molecule has 0 unspecified atom stereocenters. The van der Waals surface area contributed by atoms with Gasteiger partial charge in [-0.15, -0.1) is 0 Å². The highest BCUT2D eigenvalue weighted by Crippen LogP contribution is 2.39. The summed E-state index contributed by atoms with van der Waals surface area (Å²) < 4.78 is 2.00. The molecule has 5 rings (SSSR count). The molecule has 2 aliphatic rings. The zero-order chi connectivity index (χ0) is 18.5. The minimum absolute atomic E-state index is 0.573. The molecular formula is C19H24N8. The van der Waals surface area contributed by atoms with Crippen LogP contribution in [0.15, 0.2) is 12.7 Å². The number of nitrogens with zero attached hydrogens (tertiary/aromatic N) is 8. The minimum atomic E-state index is 0.573. The average molecular weight is 364 g/mol. The van der Waals surface area contributed by atoms with E-state index < -0.39 is 0 Å². The van der Waals surface area contributed by atoms with Crippen LogP contribution in [0.2, 0.25) is 0 Å². The molecule has 1 aliphatic heterocycles. The van der Waals surface area contributed by atoms with Crippen LogP contribution in [-0.2, 0) is 7.05 Å². The lowest BCUT2D eigenvalue weighted by Crippen LogP contribution is -2.47. The SMILES string of the molecule is Cc1nc(C2CC2)nc(N2CCN(c3ncnc4ncn(C)c34)CC2)c1C. The first kappa shape index (κ1) is 16.4. The maximum Gasteiger partial charge on any atom is 0.182 e. The predicted molar refractivity (Wildman–Crippen MR) is 104 cm³/mol. The van der Waals surface area contributed by atoms with Gasteiger partial charge in [-0.05, 0) is 26.7 Å². The molecule has 1 saturated heterocycles. The summed E-state index contributed by atoms with van der Waals surface area (Å²) in [5.74, 6) is 3.68.